The molecular weight excluding hydrogens is 292 g/mol. The summed E-state index contributed by atoms with van der Waals surface area (Å²) in [5.74, 6) is -0.113. The smallest absolute Gasteiger partial charge is 0.326 e. The minimum Gasteiger partial charge on any atom is -0.480 e. The Morgan fingerprint density at radius 3 is 2.81 bits per heavy atom. The molecule has 0 saturated heterocycles. The van der Waals surface area contributed by atoms with Crippen molar-refractivity contribution in [2.24, 2.45) is 0 Å². The second kappa shape index (κ2) is 8.56. The molecule has 0 saturated carbocycles. The fraction of sp³-hybridized carbons (Fsp3) is 0.615. The highest BCUT2D eigenvalue weighted by molar-refractivity contribution is 7.98. The summed E-state index contributed by atoms with van der Waals surface area (Å²) < 4.78 is 0. The molecule has 0 fully saturated rings. The number of nitrogens with zero attached hydrogens (tertiary/aromatic N) is 2. The lowest BCUT2D eigenvalue weighted by Crippen LogP contribution is -2.50. The van der Waals surface area contributed by atoms with Gasteiger partial charge in [-0.15, -0.1) is 0 Å². The van der Waals surface area contributed by atoms with Crippen molar-refractivity contribution < 1.29 is 14.7 Å². The molecular formula is C13H22N4O3S. The summed E-state index contributed by atoms with van der Waals surface area (Å²) in [6, 6.07) is -1.30. The largest absolute Gasteiger partial charge is 0.480 e. The summed E-state index contributed by atoms with van der Waals surface area (Å²) in [5, 5.41) is 11.8. The maximum absolute atomic E-state index is 12.1. The van der Waals surface area contributed by atoms with Gasteiger partial charge >= 0.3 is 12.0 Å². The molecule has 0 bridgehead atoms. The van der Waals surface area contributed by atoms with Gasteiger partial charge in [-0.05, 0) is 25.4 Å². The average molecular weight is 314 g/mol. The van der Waals surface area contributed by atoms with Crippen LogP contribution in [0.2, 0.25) is 0 Å². The van der Waals surface area contributed by atoms with Crippen LogP contribution in [0.1, 0.15) is 19.0 Å². The Hall–Kier alpha value is -1.70. The lowest BCUT2D eigenvalue weighted by Gasteiger charge is -2.26. The van der Waals surface area contributed by atoms with Crippen molar-refractivity contribution in [2.45, 2.75) is 31.8 Å². The molecule has 0 aliphatic heterocycles. The summed E-state index contributed by atoms with van der Waals surface area (Å²) in [4.78, 5) is 31.6. The van der Waals surface area contributed by atoms with Crippen LogP contribution in [-0.2, 0) is 11.2 Å². The van der Waals surface area contributed by atoms with Gasteiger partial charge in [0.25, 0.3) is 0 Å². The van der Waals surface area contributed by atoms with E-state index in [1.54, 1.807) is 29.9 Å². The summed E-state index contributed by atoms with van der Waals surface area (Å²) in [5.41, 5.74) is 0.667. The number of hydrogen-bond acceptors (Lipinski definition) is 4. The quantitative estimate of drug-likeness (QED) is 0.669. The topological polar surface area (TPSA) is 98.3 Å². The molecule has 2 amide bonds. The number of urea groups is 1. The van der Waals surface area contributed by atoms with Crippen LogP contribution in [-0.4, -0.2) is 63.1 Å². The van der Waals surface area contributed by atoms with E-state index in [1.807, 2.05) is 13.2 Å². The molecule has 118 valence electrons. The van der Waals surface area contributed by atoms with Gasteiger partial charge in [0.1, 0.15) is 6.04 Å². The van der Waals surface area contributed by atoms with Crippen LogP contribution in [0.25, 0.3) is 0 Å². The molecule has 0 aromatic carbocycles. The molecule has 2 atom stereocenters. The van der Waals surface area contributed by atoms with E-state index >= 15 is 0 Å². The molecule has 7 nitrogen and oxygen atoms in total. The molecule has 21 heavy (non-hydrogen) atoms. The van der Waals surface area contributed by atoms with Gasteiger partial charge in [-0.25, -0.2) is 14.6 Å². The second-order valence-electron chi connectivity index (χ2n) is 4.86. The lowest BCUT2D eigenvalue weighted by molar-refractivity contribution is -0.139. The first-order valence-electron chi connectivity index (χ1n) is 6.68. The summed E-state index contributed by atoms with van der Waals surface area (Å²) in [7, 11) is 1.68. The molecule has 1 rings (SSSR count). The summed E-state index contributed by atoms with van der Waals surface area (Å²) in [6.45, 7) is 1.94. The normalized spacial score (nSPS) is 13.5. The number of carbonyl (C=O) groups excluding carboxylic acids is 1. The number of aromatic nitrogens is 2. The number of rotatable bonds is 8. The van der Waals surface area contributed by atoms with Crippen LogP contribution >= 0.6 is 11.8 Å². The molecule has 1 unspecified atom stereocenters. The molecule has 1 heterocycles. The van der Waals surface area contributed by atoms with E-state index in [4.69, 9.17) is 0 Å². The maximum Gasteiger partial charge on any atom is 0.326 e. The van der Waals surface area contributed by atoms with E-state index in [9.17, 15) is 14.7 Å². The number of thioether (sulfide) groups is 1. The van der Waals surface area contributed by atoms with Gasteiger partial charge in [0.2, 0.25) is 0 Å². The van der Waals surface area contributed by atoms with E-state index < -0.39 is 12.0 Å². The van der Waals surface area contributed by atoms with E-state index in [2.05, 4.69) is 15.3 Å². The van der Waals surface area contributed by atoms with Crippen molar-refractivity contribution in [3.8, 4) is 0 Å². The summed E-state index contributed by atoms with van der Waals surface area (Å²) >= 11 is 1.72. The number of H-pyrrole nitrogens is 1. The minimum atomic E-state index is -1.07. The van der Waals surface area contributed by atoms with Crippen molar-refractivity contribution in [2.75, 3.05) is 19.1 Å². The number of carboxylic acids is 1. The number of imidazole rings is 1. The lowest BCUT2D eigenvalue weighted by atomic mass is 10.1. The number of carbonyl (C=O) groups is 2. The maximum atomic E-state index is 12.1. The Bertz CT molecular complexity index is 452. The molecule has 1 aromatic heterocycles. The number of hydrogen-bond donors (Lipinski definition) is 3. The predicted octanol–water partition coefficient (Wildman–Crippen LogP) is 1.19. The molecule has 0 spiro atoms. The molecule has 3 N–H and O–H groups in total. The fourth-order valence-corrected chi connectivity index (χ4v) is 2.33. The van der Waals surface area contributed by atoms with Crippen LogP contribution in [0.15, 0.2) is 12.5 Å². The van der Waals surface area contributed by atoms with Crippen molar-refractivity contribution in [1.29, 1.82) is 0 Å². The van der Waals surface area contributed by atoms with Gasteiger partial charge in [-0.1, -0.05) is 0 Å². The summed E-state index contributed by atoms with van der Waals surface area (Å²) in [6.07, 6.45) is 6.08. The predicted molar refractivity (Wildman–Crippen MR) is 82.5 cm³/mol. The fourth-order valence-electron chi connectivity index (χ4n) is 1.75. The average Bonchev–Trinajstić information content (AvgIpc) is 2.95. The van der Waals surface area contributed by atoms with Crippen LogP contribution in [0, 0.1) is 0 Å². The van der Waals surface area contributed by atoms with Crippen LogP contribution in [0.5, 0.6) is 0 Å². The zero-order valence-corrected chi connectivity index (χ0v) is 13.3. The van der Waals surface area contributed by atoms with Gasteiger partial charge in [-0.2, -0.15) is 11.8 Å². The van der Waals surface area contributed by atoms with E-state index in [1.165, 1.54) is 6.33 Å². The number of aromatic amines is 1. The molecule has 0 aliphatic carbocycles. The number of carboxylic acid groups (broad SMARTS) is 1. The Morgan fingerprint density at radius 1 is 1.57 bits per heavy atom. The third-order valence-electron chi connectivity index (χ3n) is 3.30. The van der Waals surface area contributed by atoms with Gasteiger partial charge in [0.15, 0.2) is 0 Å². The van der Waals surface area contributed by atoms with Crippen molar-refractivity contribution in [3.05, 3.63) is 18.2 Å². The Kier molecular flexibility index (Phi) is 7.07. The highest BCUT2D eigenvalue weighted by atomic mass is 32.2. The monoisotopic (exact) mass is 314 g/mol. The van der Waals surface area contributed by atoms with Gasteiger partial charge in [0.05, 0.1) is 6.33 Å². The van der Waals surface area contributed by atoms with Crippen LogP contribution in [0.4, 0.5) is 4.79 Å². The van der Waals surface area contributed by atoms with Crippen molar-refractivity contribution in [1.82, 2.24) is 20.2 Å². The van der Waals surface area contributed by atoms with E-state index in [0.29, 0.717) is 5.69 Å². The van der Waals surface area contributed by atoms with E-state index in [0.717, 1.165) is 12.2 Å². The third-order valence-corrected chi connectivity index (χ3v) is 3.94. The zero-order valence-electron chi connectivity index (χ0n) is 12.5. The highest BCUT2D eigenvalue weighted by Crippen LogP contribution is 2.07. The SMILES string of the molecule is CSCCC(C)N(C)C(=O)N[C@H](Cc1cnc[nH]1)C(=O)O. The standard InChI is InChI=1S/C13H22N4O3S/c1-9(4-5-21-3)17(2)13(20)16-11(12(18)19)6-10-7-14-8-15-10/h7-9,11H,4-6H2,1-3H3,(H,14,15)(H,16,20)(H,18,19)/t9?,11-/m1/s1. The second-order valence-corrected chi connectivity index (χ2v) is 5.85. The third kappa shape index (κ3) is 5.66. The van der Waals surface area contributed by atoms with Gasteiger partial charge in [-0.3, -0.25) is 0 Å². The molecule has 0 aliphatic rings. The molecule has 0 radical (unpaired) electrons. The molecule has 8 heteroatoms. The number of amides is 2. The Morgan fingerprint density at radius 2 is 2.29 bits per heavy atom. The first kappa shape index (κ1) is 17.4. The zero-order chi connectivity index (χ0) is 15.8. The first-order chi connectivity index (χ1) is 9.95. The van der Waals surface area contributed by atoms with E-state index in [-0.39, 0.29) is 18.5 Å². The van der Waals surface area contributed by atoms with Crippen LogP contribution < -0.4 is 5.32 Å². The van der Waals surface area contributed by atoms with Gasteiger partial charge < -0.3 is 20.3 Å². The Labute approximate surface area is 128 Å². The van der Waals surface area contributed by atoms with Crippen molar-refractivity contribution in [3.63, 3.8) is 0 Å². The van der Waals surface area contributed by atoms with Crippen molar-refractivity contribution >= 4 is 23.8 Å². The highest BCUT2D eigenvalue weighted by Gasteiger charge is 2.24. The minimum absolute atomic E-state index is 0.0547. The van der Waals surface area contributed by atoms with Crippen LogP contribution in [0.3, 0.4) is 0 Å². The first-order valence-corrected chi connectivity index (χ1v) is 8.07. The van der Waals surface area contributed by atoms with Gasteiger partial charge in [0, 0.05) is 31.4 Å². The number of aliphatic carboxylic acids is 1. The molecule has 1 aromatic rings. The number of nitrogens with one attached hydrogen (secondary N) is 2. The Balaban J connectivity index is 2.57.